The Bertz CT molecular complexity index is 617. The Labute approximate surface area is 157 Å². The summed E-state index contributed by atoms with van der Waals surface area (Å²) in [5, 5.41) is 2.26. The zero-order chi connectivity index (χ0) is 18.7. The Morgan fingerprint density at radius 3 is 2.60 bits per heavy atom. The predicted octanol–water partition coefficient (Wildman–Crippen LogP) is 5.73. The van der Waals surface area contributed by atoms with Gasteiger partial charge in [-0.15, -0.1) is 11.3 Å². The number of carbonyl (C=O) groups excluding carboxylic acids is 1. The Morgan fingerprint density at radius 2 is 2.12 bits per heavy atom. The highest BCUT2D eigenvalue weighted by atomic mass is 32.1. The van der Waals surface area contributed by atoms with E-state index in [2.05, 4.69) is 52.2 Å². The number of nitrogens with zero attached hydrogens (tertiary/aromatic N) is 1. The molecule has 1 aromatic heterocycles. The van der Waals surface area contributed by atoms with E-state index in [0.717, 1.165) is 23.4 Å². The summed E-state index contributed by atoms with van der Waals surface area (Å²) in [7, 11) is -1.76. The van der Waals surface area contributed by atoms with Crippen LogP contribution in [0, 0.1) is 0 Å². The Kier molecular flexibility index (Phi) is 6.51. The molecule has 140 valence electrons. The monoisotopic (exact) mass is 381 g/mol. The summed E-state index contributed by atoms with van der Waals surface area (Å²) >= 11 is 1.67. The molecule has 0 aliphatic carbocycles. The lowest BCUT2D eigenvalue weighted by Crippen LogP contribution is -2.41. The minimum absolute atomic E-state index is 0.207. The van der Waals surface area contributed by atoms with Gasteiger partial charge in [-0.1, -0.05) is 33.8 Å². The number of hydrogen-bond acceptors (Lipinski definition) is 4. The van der Waals surface area contributed by atoms with Gasteiger partial charge in [-0.05, 0) is 48.0 Å². The largest absolute Gasteiger partial charge is 0.447 e. The second kappa shape index (κ2) is 8.06. The van der Waals surface area contributed by atoms with Crippen molar-refractivity contribution >= 4 is 31.4 Å². The van der Waals surface area contributed by atoms with Gasteiger partial charge in [0.25, 0.3) is 0 Å². The van der Waals surface area contributed by atoms with Crippen molar-refractivity contribution in [1.29, 1.82) is 0 Å². The molecular formula is C19H31NO3SSi. The maximum Gasteiger partial charge on any atom is 0.414 e. The van der Waals surface area contributed by atoms with Crippen molar-refractivity contribution in [3.05, 3.63) is 28.0 Å². The minimum atomic E-state index is -1.76. The fourth-order valence-electron chi connectivity index (χ4n) is 2.62. The fourth-order valence-corrected chi connectivity index (χ4v) is 4.49. The highest BCUT2D eigenvalue weighted by Crippen LogP contribution is 2.37. The van der Waals surface area contributed by atoms with Gasteiger partial charge in [-0.3, -0.25) is 4.90 Å². The van der Waals surface area contributed by atoms with Gasteiger partial charge in [-0.2, -0.15) is 0 Å². The third kappa shape index (κ3) is 4.74. The maximum atomic E-state index is 12.1. The number of thiophene rings is 1. The number of hydrogen-bond donors (Lipinski definition) is 0. The summed E-state index contributed by atoms with van der Waals surface area (Å²) < 4.78 is 11.5. The van der Waals surface area contributed by atoms with E-state index in [1.54, 1.807) is 16.2 Å². The molecule has 0 spiro atoms. The van der Waals surface area contributed by atoms with Crippen molar-refractivity contribution in [2.75, 3.05) is 19.8 Å². The molecule has 1 aliphatic heterocycles. The first-order valence-corrected chi connectivity index (χ1v) is 12.8. The van der Waals surface area contributed by atoms with Gasteiger partial charge in [-0.25, -0.2) is 4.79 Å². The van der Waals surface area contributed by atoms with Crippen LogP contribution in [0.4, 0.5) is 4.79 Å². The van der Waals surface area contributed by atoms with Crippen molar-refractivity contribution < 1.29 is 14.0 Å². The van der Waals surface area contributed by atoms with Crippen molar-refractivity contribution in [2.45, 2.75) is 58.7 Å². The molecule has 0 N–H and O–H groups in total. The topological polar surface area (TPSA) is 38.8 Å². The average molecular weight is 382 g/mol. The van der Waals surface area contributed by atoms with Crippen LogP contribution < -0.4 is 0 Å². The molecule has 1 aliphatic rings. The van der Waals surface area contributed by atoms with E-state index < -0.39 is 8.32 Å². The summed E-state index contributed by atoms with van der Waals surface area (Å²) in [6.07, 6.45) is 1.51. The van der Waals surface area contributed by atoms with E-state index in [0.29, 0.717) is 19.8 Å². The van der Waals surface area contributed by atoms with Crippen molar-refractivity contribution in [2.24, 2.45) is 0 Å². The van der Waals surface area contributed by atoms with Crippen LogP contribution in [-0.4, -0.2) is 39.1 Å². The molecule has 1 fully saturated rings. The zero-order valence-electron chi connectivity index (χ0n) is 16.3. The van der Waals surface area contributed by atoms with E-state index in [4.69, 9.17) is 9.16 Å². The zero-order valence-corrected chi connectivity index (χ0v) is 18.2. The van der Waals surface area contributed by atoms with Crippen molar-refractivity contribution in [3.8, 4) is 0 Å². The SMILES string of the molecule is CC/C(CCO[Si](C)(C)C(C)(C)C)=C(\c1cccs1)N1CCOC1=O. The highest BCUT2D eigenvalue weighted by molar-refractivity contribution is 7.11. The number of carbonyl (C=O) groups is 1. The van der Waals surface area contributed by atoms with Crippen LogP contribution in [0.1, 0.15) is 45.4 Å². The first-order valence-electron chi connectivity index (χ1n) is 9.01. The molecule has 4 nitrogen and oxygen atoms in total. The van der Waals surface area contributed by atoms with Gasteiger partial charge in [0.15, 0.2) is 8.32 Å². The summed E-state index contributed by atoms with van der Waals surface area (Å²) in [4.78, 5) is 15.1. The lowest BCUT2D eigenvalue weighted by molar-refractivity contribution is 0.167. The molecule has 1 aromatic rings. The standard InChI is InChI=1S/C19H31NO3SSi/c1-7-15(10-12-23-25(5,6)19(2,3)4)17(16-9-8-14-24-16)20-11-13-22-18(20)21/h8-9,14H,7,10-13H2,1-6H3/b17-15-. The van der Waals surface area contributed by atoms with Gasteiger partial charge in [0, 0.05) is 6.61 Å². The van der Waals surface area contributed by atoms with Crippen LogP contribution in [0.3, 0.4) is 0 Å². The molecule has 6 heteroatoms. The summed E-state index contributed by atoms with van der Waals surface area (Å²) in [6, 6.07) is 4.11. The molecule has 2 rings (SSSR count). The summed E-state index contributed by atoms with van der Waals surface area (Å²) in [5.74, 6) is 0. The first kappa shape index (κ1) is 20.2. The quantitative estimate of drug-likeness (QED) is 0.566. The Balaban J connectivity index is 2.21. The molecule has 2 heterocycles. The smallest absolute Gasteiger partial charge is 0.414 e. The van der Waals surface area contributed by atoms with Gasteiger partial charge < -0.3 is 9.16 Å². The Hall–Kier alpha value is -1.11. The van der Waals surface area contributed by atoms with E-state index in [1.165, 1.54) is 5.57 Å². The second-order valence-corrected chi connectivity index (χ2v) is 13.7. The first-order chi connectivity index (χ1) is 11.7. The molecule has 0 aromatic carbocycles. The van der Waals surface area contributed by atoms with Crippen LogP contribution in [0.5, 0.6) is 0 Å². The molecular weight excluding hydrogens is 350 g/mol. The average Bonchev–Trinajstić information content (AvgIpc) is 3.17. The predicted molar refractivity (Wildman–Crippen MR) is 107 cm³/mol. The molecule has 25 heavy (non-hydrogen) atoms. The van der Waals surface area contributed by atoms with Gasteiger partial charge in [0.2, 0.25) is 0 Å². The minimum Gasteiger partial charge on any atom is -0.447 e. The molecule has 1 amide bonds. The maximum absolute atomic E-state index is 12.1. The van der Waals surface area contributed by atoms with Gasteiger partial charge in [0.1, 0.15) is 6.61 Å². The van der Waals surface area contributed by atoms with Crippen molar-refractivity contribution in [1.82, 2.24) is 4.90 Å². The normalized spacial score (nSPS) is 16.9. The van der Waals surface area contributed by atoms with E-state index >= 15 is 0 Å². The van der Waals surface area contributed by atoms with Crippen LogP contribution in [-0.2, 0) is 9.16 Å². The molecule has 0 unspecified atom stereocenters. The lowest BCUT2D eigenvalue weighted by Gasteiger charge is -2.36. The van der Waals surface area contributed by atoms with Crippen LogP contribution in [0.25, 0.3) is 5.70 Å². The van der Waals surface area contributed by atoms with Gasteiger partial charge >= 0.3 is 6.09 Å². The van der Waals surface area contributed by atoms with E-state index in [-0.39, 0.29) is 11.1 Å². The number of ether oxygens (including phenoxy) is 1. The molecule has 1 saturated heterocycles. The highest BCUT2D eigenvalue weighted by Gasteiger charge is 2.37. The Morgan fingerprint density at radius 1 is 1.40 bits per heavy atom. The number of rotatable bonds is 7. The number of cyclic esters (lactones) is 1. The lowest BCUT2D eigenvalue weighted by atomic mass is 10.1. The van der Waals surface area contributed by atoms with Crippen LogP contribution >= 0.6 is 11.3 Å². The molecule has 0 bridgehead atoms. The summed E-state index contributed by atoms with van der Waals surface area (Å²) in [6.45, 7) is 15.3. The van der Waals surface area contributed by atoms with Gasteiger partial charge in [0.05, 0.1) is 17.1 Å². The molecule has 0 radical (unpaired) electrons. The van der Waals surface area contributed by atoms with E-state index in [9.17, 15) is 4.79 Å². The third-order valence-corrected chi connectivity index (χ3v) is 10.6. The fraction of sp³-hybridized carbons (Fsp3) is 0.632. The number of amides is 1. The van der Waals surface area contributed by atoms with Crippen LogP contribution in [0.15, 0.2) is 23.1 Å². The molecule has 0 atom stereocenters. The third-order valence-electron chi connectivity index (χ3n) is 5.22. The summed E-state index contributed by atoms with van der Waals surface area (Å²) in [5.41, 5.74) is 2.29. The second-order valence-electron chi connectivity index (χ2n) is 7.91. The van der Waals surface area contributed by atoms with Crippen molar-refractivity contribution in [3.63, 3.8) is 0 Å². The van der Waals surface area contributed by atoms with Crippen LogP contribution in [0.2, 0.25) is 18.1 Å². The molecule has 0 saturated carbocycles. The van der Waals surface area contributed by atoms with E-state index in [1.807, 2.05) is 6.07 Å².